The molecular formula is C33H43NO2Si. The van der Waals surface area contributed by atoms with Gasteiger partial charge in [0, 0.05) is 20.2 Å². The lowest BCUT2D eigenvalue weighted by molar-refractivity contribution is 0.0891. The maximum absolute atomic E-state index is 7.02. The van der Waals surface area contributed by atoms with Crippen LogP contribution >= 0.6 is 0 Å². The first-order valence-electron chi connectivity index (χ1n) is 13.5. The lowest BCUT2D eigenvalue weighted by Gasteiger charge is -2.50. The summed E-state index contributed by atoms with van der Waals surface area (Å²) in [7, 11) is -0.166. The SMILES string of the molecule is COC/C=C1/CN(C(c2ccccc2)(c2ccccc2)c2ccccc2)CCC1O[Si](C)(C)C(C)(C)C. The minimum absolute atomic E-state index is 0.118. The number of hydrogen-bond acceptors (Lipinski definition) is 3. The van der Waals surface area contributed by atoms with Gasteiger partial charge < -0.3 is 9.16 Å². The molecule has 3 aromatic carbocycles. The van der Waals surface area contributed by atoms with Crippen molar-refractivity contribution in [3.63, 3.8) is 0 Å². The van der Waals surface area contributed by atoms with E-state index in [1.807, 2.05) is 0 Å². The highest BCUT2D eigenvalue weighted by atomic mass is 28.4. The summed E-state index contributed by atoms with van der Waals surface area (Å²) in [5, 5.41) is 0.165. The molecule has 3 nitrogen and oxygen atoms in total. The van der Waals surface area contributed by atoms with Crippen LogP contribution in [0, 0.1) is 0 Å². The van der Waals surface area contributed by atoms with Gasteiger partial charge in [-0.25, -0.2) is 0 Å². The van der Waals surface area contributed by atoms with Gasteiger partial charge in [0.2, 0.25) is 0 Å². The zero-order valence-corrected chi connectivity index (χ0v) is 24.4. The van der Waals surface area contributed by atoms with E-state index in [0.717, 1.165) is 19.5 Å². The second-order valence-corrected chi connectivity index (χ2v) is 16.4. The zero-order chi connectivity index (χ0) is 26.5. The summed E-state index contributed by atoms with van der Waals surface area (Å²) in [6.07, 6.45) is 3.33. The van der Waals surface area contributed by atoms with E-state index in [9.17, 15) is 0 Å². The second-order valence-electron chi connectivity index (χ2n) is 11.6. The van der Waals surface area contributed by atoms with Crippen LogP contribution in [0.3, 0.4) is 0 Å². The third kappa shape index (κ3) is 5.68. The normalized spacial score (nSPS) is 18.8. The van der Waals surface area contributed by atoms with E-state index in [4.69, 9.17) is 9.16 Å². The Labute approximate surface area is 225 Å². The fraction of sp³-hybridized carbons (Fsp3) is 0.394. The molecule has 0 spiro atoms. The minimum atomic E-state index is -1.93. The van der Waals surface area contributed by atoms with Crippen LogP contribution < -0.4 is 0 Å². The van der Waals surface area contributed by atoms with Crippen molar-refractivity contribution in [1.82, 2.24) is 4.90 Å². The van der Waals surface area contributed by atoms with E-state index in [1.54, 1.807) is 7.11 Å². The Hall–Kier alpha value is -2.50. The monoisotopic (exact) mass is 513 g/mol. The number of hydrogen-bond donors (Lipinski definition) is 0. The topological polar surface area (TPSA) is 21.7 Å². The molecule has 0 saturated carbocycles. The third-order valence-electron chi connectivity index (χ3n) is 8.25. The van der Waals surface area contributed by atoms with Gasteiger partial charge >= 0.3 is 0 Å². The Kier molecular flexibility index (Phi) is 8.55. The summed E-state index contributed by atoms with van der Waals surface area (Å²) >= 11 is 0. The van der Waals surface area contributed by atoms with Crippen molar-refractivity contribution >= 4 is 8.32 Å². The molecule has 1 atom stereocenters. The molecule has 4 rings (SSSR count). The third-order valence-corrected chi connectivity index (χ3v) is 12.7. The highest BCUT2D eigenvalue weighted by Crippen LogP contribution is 2.45. The molecule has 4 heteroatoms. The van der Waals surface area contributed by atoms with Gasteiger partial charge in [-0.15, -0.1) is 0 Å². The van der Waals surface area contributed by atoms with Crippen molar-refractivity contribution in [2.75, 3.05) is 26.8 Å². The Morgan fingerprint density at radius 3 is 1.68 bits per heavy atom. The smallest absolute Gasteiger partial charge is 0.192 e. The summed E-state index contributed by atoms with van der Waals surface area (Å²) in [5.74, 6) is 0. The van der Waals surface area contributed by atoms with Crippen molar-refractivity contribution in [1.29, 1.82) is 0 Å². The van der Waals surface area contributed by atoms with Gasteiger partial charge in [0.05, 0.1) is 18.2 Å². The molecule has 1 aliphatic rings. The quantitative estimate of drug-likeness (QED) is 0.175. The summed E-state index contributed by atoms with van der Waals surface area (Å²) in [4.78, 5) is 2.65. The first-order valence-corrected chi connectivity index (χ1v) is 16.4. The highest BCUT2D eigenvalue weighted by Gasteiger charge is 2.46. The van der Waals surface area contributed by atoms with E-state index in [1.165, 1.54) is 22.3 Å². The van der Waals surface area contributed by atoms with Crippen LogP contribution in [-0.2, 0) is 14.7 Å². The minimum Gasteiger partial charge on any atom is -0.410 e. The van der Waals surface area contributed by atoms with E-state index in [-0.39, 0.29) is 11.1 Å². The van der Waals surface area contributed by atoms with E-state index in [0.29, 0.717) is 6.61 Å². The van der Waals surface area contributed by atoms with Crippen LogP contribution in [-0.4, -0.2) is 46.1 Å². The standard InChI is InChI=1S/C33H43NO2Si/c1-32(2,3)37(5,6)36-31-22-24-34(26-27(31)23-25-35-4)33(28-16-10-7-11-17-28,29-18-12-8-13-19-29)30-20-14-9-15-21-30/h7-21,23,31H,22,24-26H2,1-6H3/b27-23-. The van der Waals surface area contributed by atoms with E-state index >= 15 is 0 Å². The number of piperidine rings is 1. The molecule has 0 radical (unpaired) electrons. The van der Waals surface area contributed by atoms with Crippen LogP contribution in [0.1, 0.15) is 43.9 Å². The molecular weight excluding hydrogens is 470 g/mol. The van der Waals surface area contributed by atoms with Crippen molar-refractivity contribution < 1.29 is 9.16 Å². The van der Waals surface area contributed by atoms with Gasteiger partial charge in [0.25, 0.3) is 0 Å². The first-order chi connectivity index (χ1) is 17.7. The predicted molar refractivity (Wildman–Crippen MR) is 157 cm³/mol. The van der Waals surface area contributed by atoms with Gasteiger partial charge in [-0.05, 0) is 46.8 Å². The number of methoxy groups -OCH3 is 1. The van der Waals surface area contributed by atoms with Crippen LogP contribution in [0.2, 0.25) is 18.1 Å². The van der Waals surface area contributed by atoms with Gasteiger partial charge in [-0.3, -0.25) is 4.90 Å². The van der Waals surface area contributed by atoms with E-state index in [2.05, 4.69) is 136 Å². The molecule has 3 aromatic rings. The summed E-state index contributed by atoms with van der Waals surface area (Å²) in [6, 6.07) is 32.9. The molecule has 0 amide bonds. The second kappa shape index (κ2) is 11.5. The van der Waals surface area contributed by atoms with Gasteiger partial charge in [0.1, 0.15) is 0 Å². The Morgan fingerprint density at radius 1 is 0.811 bits per heavy atom. The van der Waals surface area contributed by atoms with Crippen molar-refractivity contribution in [3.05, 3.63) is 119 Å². The average Bonchev–Trinajstić information content (AvgIpc) is 2.90. The van der Waals surface area contributed by atoms with Crippen LogP contribution in [0.4, 0.5) is 0 Å². The maximum atomic E-state index is 7.02. The van der Waals surface area contributed by atoms with Crippen molar-refractivity contribution in [2.45, 2.75) is 57.0 Å². The van der Waals surface area contributed by atoms with Crippen LogP contribution in [0.15, 0.2) is 103 Å². The molecule has 0 N–H and O–H groups in total. The Morgan fingerprint density at radius 2 is 1.27 bits per heavy atom. The summed E-state index contributed by atoms with van der Waals surface area (Å²) < 4.78 is 12.5. The Balaban J connectivity index is 1.84. The molecule has 1 fully saturated rings. The van der Waals surface area contributed by atoms with Gasteiger partial charge in [-0.1, -0.05) is 118 Å². The van der Waals surface area contributed by atoms with Crippen molar-refractivity contribution in [2.24, 2.45) is 0 Å². The van der Waals surface area contributed by atoms with Crippen molar-refractivity contribution in [3.8, 4) is 0 Å². The number of benzene rings is 3. The van der Waals surface area contributed by atoms with Crippen LogP contribution in [0.5, 0.6) is 0 Å². The predicted octanol–water partition coefficient (Wildman–Crippen LogP) is 7.65. The largest absolute Gasteiger partial charge is 0.410 e. The van der Waals surface area contributed by atoms with E-state index < -0.39 is 13.9 Å². The molecule has 0 bridgehead atoms. The number of ether oxygens (including phenoxy) is 1. The number of nitrogens with zero attached hydrogens (tertiary/aromatic N) is 1. The molecule has 1 saturated heterocycles. The fourth-order valence-electron chi connectivity index (χ4n) is 5.29. The number of likely N-dealkylation sites (tertiary alicyclic amines) is 1. The highest BCUT2D eigenvalue weighted by molar-refractivity contribution is 6.74. The number of rotatable bonds is 8. The lowest BCUT2D eigenvalue weighted by atomic mass is 9.74. The summed E-state index contributed by atoms with van der Waals surface area (Å²) in [5.41, 5.74) is 4.74. The van der Waals surface area contributed by atoms with Gasteiger partial charge in [-0.2, -0.15) is 0 Å². The molecule has 0 aliphatic carbocycles. The fourth-order valence-corrected chi connectivity index (χ4v) is 6.62. The Bertz CT molecular complexity index is 1060. The van der Waals surface area contributed by atoms with Gasteiger partial charge in [0.15, 0.2) is 8.32 Å². The first kappa shape index (κ1) is 27.5. The zero-order valence-electron chi connectivity index (χ0n) is 23.4. The molecule has 37 heavy (non-hydrogen) atoms. The molecule has 1 unspecified atom stereocenters. The average molecular weight is 514 g/mol. The lowest BCUT2D eigenvalue weighted by Crippen LogP contribution is -2.55. The molecule has 196 valence electrons. The molecule has 1 heterocycles. The molecule has 1 aliphatic heterocycles. The molecule has 0 aromatic heterocycles. The summed E-state index contributed by atoms with van der Waals surface area (Å²) in [6.45, 7) is 14.0. The van der Waals surface area contributed by atoms with Crippen LogP contribution in [0.25, 0.3) is 0 Å². The maximum Gasteiger partial charge on any atom is 0.192 e.